The topological polar surface area (TPSA) is 76.9 Å². The number of carbonyl (C=O) groups excluding carboxylic acids is 1. The van der Waals surface area contributed by atoms with Gasteiger partial charge in [-0.05, 0) is 37.3 Å². The van der Waals surface area contributed by atoms with Gasteiger partial charge in [0.05, 0.1) is 16.4 Å². The van der Waals surface area contributed by atoms with Crippen molar-refractivity contribution in [1.82, 2.24) is 14.8 Å². The van der Waals surface area contributed by atoms with E-state index in [-0.39, 0.29) is 18.0 Å². The number of hydrogen-bond donors (Lipinski definition) is 1. The van der Waals surface area contributed by atoms with Crippen LogP contribution in [0.2, 0.25) is 5.02 Å². The number of aryl methyl sites for hydroxylation is 1. The summed E-state index contributed by atoms with van der Waals surface area (Å²) in [7, 11) is 0. The van der Waals surface area contributed by atoms with E-state index >= 15 is 0 Å². The van der Waals surface area contributed by atoms with E-state index in [9.17, 15) is 9.59 Å². The zero-order valence-corrected chi connectivity index (χ0v) is 17.6. The van der Waals surface area contributed by atoms with Crippen LogP contribution in [0, 0.1) is 6.92 Å². The minimum absolute atomic E-state index is 0.194. The molecule has 1 amide bonds. The minimum atomic E-state index is -0.352. The van der Waals surface area contributed by atoms with Crippen LogP contribution in [0.25, 0.3) is 22.5 Å². The summed E-state index contributed by atoms with van der Waals surface area (Å²) >= 11 is 7.49. The normalized spacial score (nSPS) is 10.7. The lowest BCUT2D eigenvalue weighted by Gasteiger charge is -2.09. The summed E-state index contributed by atoms with van der Waals surface area (Å²) in [6, 6.07) is 17.6. The van der Waals surface area contributed by atoms with E-state index in [1.165, 1.54) is 6.07 Å². The summed E-state index contributed by atoms with van der Waals surface area (Å²) in [5, 5.41) is 10.7. The van der Waals surface area contributed by atoms with Gasteiger partial charge >= 0.3 is 0 Å². The van der Waals surface area contributed by atoms with Crippen LogP contribution in [0.5, 0.6) is 0 Å². The Morgan fingerprint density at radius 3 is 2.60 bits per heavy atom. The van der Waals surface area contributed by atoms with Crippen molar-refractivity contribution < 1.29 is 4.79 Å². The molecule has 8 heteroatoms. The van der Waals surface area contributed by atoms with E-state index in [1.54, 1.807) is 35.6 Å². The monoisotopic (exact) mass is 436 g/mol. The van der Waals surface area contributed by atoms with Gasteiger partial charge in [0.1, 0.15) is 6.54 Å². The fourth-order valence-electron chi connectivity index (χ4n) is 2.93. The average molecular weight is 437 g/mol. The van der Waals surface area contributed by atoms with Crippen molar-refractivity contribution in [3.8, 4) is 22.5 Å². The van der Waals surface area contributed by atoms with Gasteiger partial charge in [0.15, 0.2) is 0 Å². The smallest absolute Gasteiger partial charge is 0.267 e. The first kappa shape index (κ1) is 20.0. The Balaban J connectivity index is 1.51. The first-order chi connectivity index (χ1) is 14.5. The lowest BCUT2D eigenvalue weighted by atomic mass is 10.1. The molecule has 0 aliphatic rings. The van der Waals surface area contributed by atoms with Crippen molar-refractivity contribution in [1.29, 1.82) is 0 Å². The maximum Gasteiger partial charge on any atom is 0.267 e. The van der Waals surface area contributed by atoms with Crippen molar-refractivity contribution in [2.45, 2.75) is 13.5 Å². The van der Waals surface area contributed by atoms with Gasteiger partial charge in [-0.25, -0.2) is 9.67 Å². The maximum absolute atomic E-state index is 12.5. The molecule has 0 spiro atoms. The van der Waals surface area contributed by atoms with E-state index in [0.717, 1.165) is 26.5 Å². The van der Waals surface area contributed by atoms with Crippen LogP contribution in [0.15, 0.2) is 70.8 Å². The van der Waals surface area contributed by atoms with Crippen LogP contribution in [0.3, 0.4) is 0 Å². The molecule has 150 valence electrons. The molecule has 4 rings (SSSR count). The number of benzene rings is 2. The third-order valence-corrected chi connectivity index (χ3v) is 5.39. The SMILES string of the molecule is Cc1nc(-c2cccc(NC(=O)Cn3nc(-c4ccc(Cl)cc4)ccc3=O)c2)cs1. The van der Waals surface area contributed by atoms with Gasteiger partial charge in [-0.2, -0.15) is 5.10 Å². The Labute approximate surface area is 181 Å². The zero-order valence-electron chi connectivity index (χ0n) is 16.0. The first-order valence-corrected chi connectivity index (χ1v) is 10.4. The molecular formula is C22H17ClN4O2S. The number of rotatable bonds is 5. The quantitative estimate of drug-likeness (QED) is 0.494. The van der Waals surface area contributed by atoms with E-state index < -0.39 is 0 Å². The van der Waals surface area contributed by atoms with Crippen LogP contribution in [-0.2, 0) is 11.3 Å². The fourth-order valence-corrected chi connectivity index (χ4v) is 3.67. The molecule has 0 aliphatic carbocycles. The zero-order chi connectivity index (χ0) is 21.1. The Morgan fingerprint density at radius 2 is 1.87 bits per heavy atom. The largest absolute Gasteiger partial charge is 0.324 e. The third-order valence-electron chi connectivity index (χ3n) is 4.36. The van der Waals surface area contributed by atoms with Crippen molar-refractivity contribution in [2.24, 2.45) is 0 Å². The molecule has 0 aliphatic heterocycles. The van der Waals surface area contributed by atoms with Gasteiger partial charge in [-0.1, -0.05) is 35.9 Å². The van der Waals surface area contributed by atoms with E-state index in [1.807, 2.05) is 42.6 Å². The van der Waals surface area contributed by atoms with Crippen LogP contribution in [-0.4, -0.2) is 20.7 Å². The summed E-state index contributed by atoms with van der Waals surface area (Å²) in [5.41, 5.74) is 3.44. The number of amides is 1. The van der Waals surface area contributed by atoms with Crippen molar-refractivity contribution in [3.63, 3.8) is 0 Å². The molecule has 2 aromatic carbocycles. The van der Waals surface area contributed by atoms with Gasteiger partial charge < -0.3 is 5.32 Å². The minimum Gasteiger partial charge on any atom is -0.324 e. The summed E-state index contributed by atoms with van der Waals surface area (Å²) in [6.07, 6.45) is 0. The molecule has 0 fully saturated rings. The molecule has 4 aromatic rings. The second-order valence-electron chi connectivity index (χ2n) is 6.60. The molecule has 0 saturated heterocycles. The molecule has 30 heavy (non-hydrogen) atoms. The fraction of sp³-hybridized carbons (Fsp3) is 0.0909. The molecule has 2 aromatic heterocycles. The van der Waals surface area contributed by atoms with Crippen LogP contribution in [0.4, 0.5) is 5.69 Å². The van der Waals surface area contributed by atoms with Crippen LogP contribution in [0.1, 0.15) is 5.01 Å². The summed E-state index contributed by atoms with van der Waals surface area (Å²) in [6.45, 7) is 1.75. The standard InChI is InChI=1S/C22H17ClN4O2S/c1-14-24-20(13-30-14)16-3-2-4-18(11-16)25-21(28)12-27-22(29)10-9-19(26-27)15-5-7-17(23)8-6-15/h2-11,13H,12H2,1H3,(H,25,28). The van der Waals surface area contributed by atoms with Gasteiger partial charge in [0, 0.05) is 33.3 Å². The Morgan fingerprint density at radius 1 is 1.07 bits per heavy atom. The Bertz CT molecular complexity index is 1260. The maximum atomic E-state index is 12.5. The number of nitrogens with one attached hydrogen (secondary N) is 1. The number of nitrogens with zero attached hydrogens (tertiary/aromatic N) is 3. The van der Waals surface area contributed by atoms with E-state index in [0.29, 0.717) is 16.4 Å². The molecular weight excluding hydrogens is 420 g/mol. The van der Waals surface area contributed by atoms with Crippen molar-refractivity contribution in [3.05, 3.63) is 86.4 Å². The van der Waals surface area contributed by atoms with Crippen LogP contribution < -0.4 is 10.9 Å². The summed E-state index contributed by atoms with van der Waals surface area (Å²) < 4.78 is 1.15. The summed E-state index contributed by atoms with van der Waals surface area (Å²) in [4.78, 5) is 29.2. The molecule has 0 atom stereocenters. The second-order valence-corrected chi connectivity index (χ2v) is 8.10. The highest BCUT2D eigenvalue weighted by Crippen LogP contribution is 2.24. The molecule has 0 saturated carbocycles. The molecule has 0 unspecified atom stereocenters. The predicted octanol–water partition coefficient (Wildman–Crippen LogP) is 4.63. The number of halogens is 1. The lowest BCUT2D eigenvalue weighted by Crippen LogP contribution is -2.29. The number of aromatic nitrogens is 3. The van der Waals surface area contributed by atoms with Gasteiger partial charge in [-0.3, -0.25) is 9.59 Å². The highest BCUT2D eigenvalue weighted by Gasteiger charge is 2.10. The van der Waals surface area contributed by atoms with Gasteiger partial charge in [0.2, 0.25) is 5.91 Å². The first-order valence-electron chi connectivity index (χ1n) is 9.14. The Hall–Kier alpha value is -3.29. The number of hydrogen-bond acceptors (Lipinski definition) is 5. The van der Waals surface area contributed by atoms with Crippen molar-refractivity contribution in [2.75, 3.05) is 5.32 Å². The molecule has 2 heterocycles. The third kappa shape index (κ3) is 4.64. The number of anilines is 1. The van der Waals surface area contributed by atoms with Crippen LogP contribution >= 0.6 is 22.9 Å². The van der Waals surface area contributed by atoms with Gasteiger partial charge in [0.25, 0.3) is 5.56 Å². The lowest BCUT2D eigenvalue weighted by molar-refractivity contribution is -0.117. The second kappa shape index (κ2) is 8.61. The van der Waals surface area contributed by atoms with E-state index in [4.69, 9.17) is 11.6 Å². The highest BCUT2D eigenvalue weighted by atomic mass is 35.5. The number of carbonyl (C=O) groups is 1. The average Bonchev–Trinajstić information content (AvgIpc) is 3.17. The molecule has 6 nitrogen and oxygen atoms in total. The molecule has 0 radical (unpaired) electrons. The Kier molecular flexibility index (Phi) is 5.74. The van der Waals surface area contributed by atoms with Crippen molar-refractivity contribution >= 4 is 34.5 Å². The number of thiazole rings is 1. The van der Waals surface area contributed by atoms with E-state index in [2.05, 4.69) is 15.4 Å². The predicted molar refractivity (Wildman–Crippen MR) is 120 cm³/mol. The molecule has 1 N–H and O–H groups in total. The molecule has 0 bridgehead atoms. The summed E-state index contributed by atoms with van der Waals surface area (Å²) in [5.74, 6) is -0.343. The highest BCUT2D eigenvalue weighted by molar-refractivity contribution is 7.09. The van der Waals surface area contributed by atoms with Gasteiger partial charge in [-0.15, -0.1) is 11.3 Å².